The molecule has 0 heterocycles. The van der Waals surface area contributed by atoms with Crippen LogP contribution in [0, 0.1) is 0 Å². The minimum atomic E-state index is -0.815. The molecule has 2 N–H and O–H groups in total. The highest BCUT2D eigenvalue weighted by Gasteiger charge is 2.18. The van der Waals surface area contributed by atoms with Crippen LogP contribution >= 0.6 is 0 Å². The summed E-state index contributed by atoms with van der Waals surface area (Å²) in [5.41, 5.74) is 0. The van der Waals surface area contributed by atoms with Crippen LogP contribution in [-0.4, -0.2) is 41.6 Å². The molecule has 92 valence electrons. The number of carbonyl (C=O) groups is 2. The summed E-state index contributed by atoms with van der Waals surface area (Å²) < 4.78 is 0. The predicted octanol–water partition coefficient (Wildman–Crippen LogP) is 1.44. The van der Waals surface area contributed by atoms with Gasteiger partial charge in [0.1, 0.15) is 0 Å². The van der Waals surface area contributed by atoms with Gasteiger partial charge in [0.25, 0.3) is 0 Å². The summed E-state index contributed by atoms with van der Waals surface area (Å²) >= 11 is 0. The monoisotopic (exact) mass is 228 g/mol. The lowest BCUT2D eigenvalue weighted by molar-refractivity contribution is -0.137. The van der Waals surface area contributed by atoms with Gasteiger partial charge >= 0.3 is 12.0 Å². The van der Waals surface area contributed by atoms with Crippen molar-refractivity contribution in [2.24, 2.45) is 0 Å². The number of hydrogen-bond donors (Lipinski definition) is 2. The molecule has 0 saturated heterocycles. The summed E-state index contributed by atoms with van der Waals surface area (Å²) in [4.78, 5) is 23.5. The molecule has 1 saturated carbocycles. The first kappa shape index (κ1) is 12.8. The van der Waals surface area contributed by atoms with Crippen molar-refractivity contribution in [3.8, 4) is 0 Å². The third-order valence-corrected chi connectivity index (χ3v) is 2.91. The number of carboxylic acid groups (broad SMARTS) is 1. The molecule has 0 aliphatic heterocycles. The first-order valence-electron chi connectivity index (χ1n) is 5.83. The highest BCUT2D eigenvalue weighted by atomic mass is 16.4. The van der Waals surface area contributed by atoms with Crippen molar-refractivity contribution < 1.29 is 14.7 Å². The second-order valence-corrected chi connectivity index (χ2v) is 4.35. The third-order valence-electron chi connectivity index (χ3n) is 2.91. The smallest absolute Gasteiger partial charge is 0.317 e. The molecule has 0 aromatic rings. The van der Waals surface area contributed by atoms with Gasteiger partial charge < -0.3 is 15.3 Å². The lowest BCUT2D eigenvalue weighted by atomic mass is 10.2. The maximum atomic E-state index is 11.6. The van der Waals surface area contributed by atoms with Crippen molar-refractivity contribution in [3.63, 3.8) is 0 Å². The van der Waals surface area contributed by atoms with E-state index >= 15 is 0 Å². The zero-order chi connectivity index (χ0) is 12.0. The maximum absolute atomic E-state index is 11.6. The Kier molecular flexibility index (Phi) is 5.08. The van der Waals surface area contributed by atoms with Crippen LogP contribution in [-0.2, 0) is 4.79 Å². The van der Waals surface area contributed by atoms with Gasteiger partial charge in [-0.05, 0) is 19.3 Å². The number of nitrogens with one attached hydrogen (secondary N) is 1. The summed E-state index contributed by atoms with van der Waals surface area (Å²) in [6, 6.07) is 0.228. The number of rotatable bonds is 5. The Hall–Kier alpha value is -1.26. The van der Waals surface area contributed by atoms with Crippen LogP contribution in [0.15, 0.2) is 0 Å². The molecule has 0 aromatic heterocycles. The Morgan fingerprint density at radius 2 is 2.00 bits per heavy atom. The first-order chi connectivity index (χ1) is 7.59. The standard InChI is InChI=1S/C11H20N2O3/c1-13(8-4-7-10(14)15)11(16)12-9-5-2-3-6-9/h9H,2-8H2,1H3,(H,12,16)(H,14,15). The summed E-state index contributed by atoms with van der Waals surface area (Å²) in [6.45, 7) is 0.491. The molecule has 1 aliphatic carbocycles. The molecule has 0 unspecified atom stereocenters. The van der Waals surface area contributed by atoms with Crippen molar-refractivity contribution in [1.82, 2.24) is 10.2 Å². The number of amides is 2. The van der Waals surface area contributed by atoms with Gasteiger partial charge in [-0.25, -0.2) is 4.79 Å². The zero-order valence-corrected chi connectivity index (χ0v) is 9.74. The fourth-order valence-electron chi connectivity index (χ4n) is 1.92. The normalized spacial score (nSPS) is 16.1. The fourth-order valence-corrected chi connectivity index (χ4v) is 1.92. The van der Waals surface area contributed by atoms with E-state index in [1.165, 1.54) is 12.8 Å². The van der Waals surface area contributed by atoms with Crippen molar-refractivity contribution in [2.75, 3.05) is 13.6 Å². The lowest BCUT2D eigenvalue weighted by Crippen LogP contribution is -2.42. The zero-order valence-electron chi connectivity index (χ0n) is 9.74. The van der Waals surface area contributed by atoms with Crippen LogP contribution in [0.2, 0.25) is 0 Å². The van der Waals surface area contributed by atoms with Gasteiger partial charge in [-0.1, -0.05) is 12.8 Å². The molecule has 0 bridgehead atoms. The van der Waals surface area contributed by atoms with Crippen molar-refractivity contribution in [2.45, 2.75) is 44.6 Å². The number of hydrogen-bond acceptors (Lipinski definition) is 2. The molecule has 1 fully saturated rings. The number of aliphatic carboxylic acids is 1. The van der Waals surface area contributed by atoms with E-state index in [1.807, 2.05) is 0 Å². The average molecular weight is 228 g/mol. The highest BCUT2D eigenvalue weighted by molar-refractivity contribution is 5.74. The topological polar surface area (TPSA) is 69.6 Å². The second kappa shape index (κ2) is 6.35. The molecule has 5 nitrogen and oxygen atoms in total. The number of nitrogens with zero attached hydrogens (tertiary/aromatic N) is 1. The summed E-state index contributed by atoms with van der Waals surface area (Å²) in [7, 11) is 1.70. The third kappa shape index (κ3) is 4.51. The minimum Gasteiger partial charge on any atom is -0.481 e. The van der Waals surface area contributed by atoms with Gasteiger partial charge in [-0.2, -0.15) is 0 Å². The molecule has 16 heavy (non-hydrogen) atoms. The molecule has 0 aromatic carbocycles. The van der Waals surface area contributed by atoms with Crippen LogP contribution in [0.3, 0.4) is 0 Å². The molecule has 0 spiro atoms. The van der Waals surface area contributed by atoms with E-state index in [0.717, 1.165) is 12.8 Å². The molecular weight excluding hydrogens is 208 g/mol. The molecule has 0 atom stereocenters. The lowest BCUT2D eigenvalue weighted by Gasteiger charge is -2.20. The van der Waals surface area contributed by atoms with Gasteiger partial charge in [0.05, 0.1) is 0 Å². The SMILES string of the molecule is CN(CCCC(=O)O)C(=O)NC1CCCC1. The quantitative estimate of drug-likeness (QED) is 0.748. The predicted molar refractivity (Wildman–Crippen MR) is 60.3 cm³/mol. The van der Waals surface area contributed by atoms with Gasteiger partial charge in [0.15, 0.2) is 0 Å². The second-order valence-electron chi connectivity index (χ2n) is 4.35. The molecule has 2 amide bonds. The van der Waals surface area contributed by atoms with E-state index in [0.29, 0.717) is 19.0 Å². The van der Waals surface area contributed by atoms with Crippen LogP contribution < -0.4 is 5.32 Å². The Balaban J connectivity index is 2.16. The summed E-state index contributed by atoms with van der Waals surface area (Å²) in [5.74, 6) is -0.815. The fraction of sp³-hybridized carbons (Fsp3) is 0.818. The summed E-state index contributed by atoms with van der Waals surface area (Å²) in [5, 5.41) is 11.4. The largest absolute Gasteiger partial charge is 0.481 e. The van der Waals surface area contributed by atoms with Crippen LogP contribution in [0.4, 0.5) is 4.79 Å². The van der Waals surface area contributed by atoms with E-state index in [4.69, 9.17) is 5.11 Å². The van der Waals surface area contributed by atoms with Crippen molar-refractivity contribution in [3.05, 3.63) is 0 Å². The highest BCUT2D eigenvalue weighted by Crippen LogP contribution is 2.17. The Labute approximate surface area is 95.8 Å². The van der Waals surface area contributed by atoms with Crippen molar-refractivity contribution in [1.29, 1.82) is 0 Å². The number of urea groups is 1. The minimum absolute atomic E-state index is 0.0858. The molecule has 0 radical (unpaired) electrons. The maximum Gasteiger partial charge on any atom is 0.317 e. The first-order valence-corrected chi connectivity index (χ1v) is 5.83. The Bertz CT molecular complexity index is 250. The molecule has 1 rings (SSSR count). The van der Waals surface area contributed by atoms with Gasteiger partial charge in [0, 0.05) is 26.1 Å². The average Bonchev–Trinajstić information content (AvgIpc) is 2.69. The Morgan fingerprint density at radius 3 is 2.56 bits per heavy atom. The van der Waals surface area contributed by atoms with Crippen LogP contribution in [0.25, 0.3) is 0 Å². The van der Waals surface area contributed by atoms with E-state index in [1.54, 1.807) is 11.9 Å². The van der Waals surface area contributed by atoms with E-state index in [2.05, 4.69) is 5.32 Å². The number of carbonyl (C=O) groups excluding carboxylic acids is 1. The van der Waals surface area contributed by atoms with Gasteiger partial charge in [-0.3, -0.25) is 4.79 Å². The van der Waals surface area contributed by atoms with Gasteiger partial charge in [0.2, 0.25) is 0 Å². The summed E-state index contributed by atoms with van der Waals surface area (Å²) in [6.07, 6.45) is 5.12. The van der Waals surface area contributed by atoms with Crippen molar-refractivity contribution >= 4 is 12.0 Å². The molecule has 5 heteroatoms. The van der Waals surface area contributed by atoms with Crippen LogP contribution in [0.1, 0.15) is 38.5 Å². The van der Waals surface area contributed by atoms with E-state index in [-0.39, 0.29) is 12.5 Å². The number of carboxylic acids is 1. The van der Waals surface area contributed by atoms with Crippen LogP contribution in [0.5, 0.6) is 0 Å². The van der Waals surface area contributed by atoms with E-state index < -0.39 is 5.97 Å². The molecular formula is C11H20N2O3. The Morgan fingerprint density at radius 1 is 1.38 bits per heavy atom. The molecule has 1 aliphatic rings. The van der Waals surface area contributed by atoms with Gasteiger partial charge in [-0.15, -0.1) is 0 Å². The van der Waals surface area contributed by atoms with E-state index in [9.17, 15) is 9.59 Å².